The second-order valence-corrected chi connectivity index (χ2v) is 7.71. The first-order chi connectivity index (χ1) is 13.7. The second-order valence-electron chi connectivity index (χ2n) is 7.71. The van der Waals surface area contributed by atoms with Crippen molar-refractivity contribution in [2.45, 2.75) is 38.1 Å². The van der Waals surface area contributed by atoms with Gasteiger partial charge in [0, 0.05) is 26.3 Å². The average Bonchev–Trinajstić information content (AvgIpc) is 2.73. The third-order valence-electron chi connectivity index (χ3n) is 5.22. The van der Waals surface area contributed by atoms with Gasteiger partial charge in [0.05, 0.1) is 6.61 Å². The summed E-state index contributed by atoms with van der Waals surface area (Å²) in [4.78, 5) is 10.9. The van der Waals surface area contributed by atoms with Crippen molar-refractivity contribution in [2.24, 2.45) is 5.92 Å². The van der Waals surface area contributed by atoms with Gasteiger partial charge in [-0.1, -0.05) is 18.2 Å². The molecule has 0 radical (unpaired) electrons. The van der Waals surface area contributed by atoms with Gasteiger partial charge in [0.15, 0.2) is 0 Å². The van der Waals surface area contributed by atoms with E-state index in [9.17, 15) is 0 Å². The Kier molecular flexibility index (Phi) is 7.91. The predicted octanol–water partition coefficient (Wildman–Crippen LogP) is 3.57. The molecule has 3 rings (SSSR count). The molecule has 6 nitrogen and oxygen atoms in total. The average molecular weight is 384 g/mol. The first kappa shape index (κ1) is 20.4. The molecule has 0 saturated heterocycles. The van der Waals surface area contributed by atoms with E-state index in [1.807, 2.05) is 61.6 Å². The summed E-state index contributed by atoms with van der Waals surface area (Å²) in [7, 11) is 4.00. The molecule has 1 aromatic carbocycles. The topological polar surface area (TPSA) is 62.3 Å². The molecule has 0 bridgehead atoms. The number of ether oxygens (including phenoxy) is 1. The molecule has 0 amide bonds. The van der Waals surface area contributed by atoms with Crippen LogP contribution in [0.4, 0.5) is 11.8 Å². The van der Waals surface area contributed by atoms with E-state index in [2.05, 4.69) is 20.6 Å². The molecule has 1 aromatic heterocycles. The van der Waals surface area contributed by atoms with Gasteiger partial charge < -0.3 is 20.3 Å². The molecule has 0 unspecified atom stereocenters. The number of rotatable bonds is 10. The maximum Gasteiger partial charge on any atom is 0.224 e. The highest BCUT2D eigenvalue weighted by Gasteiger charge is 2.21. The zero-order valence-electron chi connectivity index (χ0n) is 17.1. The lowest BCUT2D eigenvalue weighted by Gasteiger charge is -2.29. The predicted molar refractivity (Wildman–Crippen MR) is 115 cm³/mol. The normalized spacial score (nSPS) is 19.2. The van der Waals surface area contributed by atoms with Gasteiger partial charge in [0.2, 0.25) is 5.95 Å². The molecule has 1 aliphatic carbocycles. The molecular weight excluding hydrogens is 350 g/mol. The Morgan fingerprint density at radius 1 is 1.07 bits per heavy atom. The van der Waals surface area contributed by atoms with Gasteiger partial charge in [-0.2, -0.15) is 4.98 Å². The number of hydrogen-bond donors (Lipinski definition) is 2. The minimum Gasteiger partial charge on any atom is -0.494 e. The van der Waals surface area contributed by atoms with Crippen molar-refractivity contribution in [3.05, 3.63) is 42.6 Å². The third kappa shape index (κ3) is 6.68. The van der Waals surface area contributed by atoms with Gasteiger partial charge >= 0.3 is 0 Å². The molecule has 1 saturated carbocycles. The van der Waals surface area contributed by atoms with Crippen molar-refractivity contribution in [3.8, 4) is 5.75 Å². The standard InChI is InChI=1S/C22H33N5O/c1-27(2)21-13-15-24-22(26-21)25-19-11-9-18(10-12-19)17-23-14-6-16-28-20-7-4-3-5-8-20/h3-5,7-8,13,15,18-19,23H,6,9-12,14,16-17H2,1-2H3,(H,24,25,26). The number of nitrogens with zero attached hydrogens (tertiary/aromatic N) is 3. The Labute approximate surface area is 168 Å². The van der Waals surface area contributed by atoms with Gasteiger partial charge in [-0.3, -0.25) is 0 Å². The summed E-state index contributed by atoms with van der Waals surface area (Å²) in [6.45, 7) is 2.88. The second kappa shape index (κ2) is 10.9. The van der Waals surface area contributed by atoms with Crippen LogP contribution in [0.2, 0.25) is 0 Å². The zero-order valence-corrected chi connectivity index (χ0v) is 17.1. The van der Waals surface area contributed by atoms with Crippen LogP contribution in [0.25, 0.3) is 0 Å². The molecule has 0 spiro atoms. The largest absolute Gasteiger partial charge is 0.494 e. The van der Waals surface area contributed by atoms with E-state index in [0.717, 1.165) is 49.6 Å². The Balaban J connectivity index is 1.27. The molecule has 152 valence electrons. The molecule has 0 atom stereocenters. The number of hydrogen-bond acceptors (Lipinski definition) is 6. The summed E-state index contributed by atoms with van der Waals surface area (Å²) in [5.74, 6) is 3.40. The highest BCUT2D eigenvalue weighted by molar-refractivity contribution is 5.41. The van der Waals surface area contributed by atoms with E-state index in [0.29, 0.717) is 6.04 Å². The molecule has 0 aliphatic heterocycles. The SMILES string of the molecule is CN(C)c1ccnc(NC2CCC(CNCCCOc3ccccc3)CC2)n1. The van der Waals surface area contributed by atoms with Crippen LogP contribution in [0.5, 0.6) is 5.75 Å². The summed E-state index contributed by atoms with van der Waals surface area (Å²) >= 11 is 0. The lowest BCUT2D eigenvalue weighted by Crippen LogP contribution is -2.32. The molecule has 6 heteroatoms. The van der Waals surface area contributed by atoms with E-state index in [4.69, 9.17) is 4.74 Å². The van der Waals surface area contributed by atoms with Crippen molar-refractivity contribution in [3.63, 3.8) is 0 Å². The monoisotopic (exact) mass is 383 g/mol. The van der Waals surface area contributed by atoms with Crippen LogP contribution in [-0.4, -0.2) is 49.8 Å². The zero-order chi connectivity index (χ0) is 19.6. The van der Waals surface area contributed by atoms with Crippen molar-refractivity contribution >= 4 is 11.8 Å². The lowest BCUT2D eigenvalue weighted by atomic mass is 9.86. The van der Waals surface area contributed by atoms with Crippen molar-refractivity contribution in [1.82, 2.24) is 15.3 Å². The Hall–Kier alpha value is -2.34. The molecule has 1 fully saturated rings. The van der Waals surface area contributed by atoms with Gasteiger partial charge in [-0.15, -0.1) is 0 Å². The van der Waals surface area contributed by atoms with Gasteiger partial charge in [0.25, 0.3) is 0 Å². The smallest absolute Gasteiger partial charge is 0.224 e. The summed E-state index contributed by atoms with van der Waals surface area (Å²) in [5.41, 5.74) is 0. The number of anilines is 2. The number of aromatic nitrogens is 2. The van der Waals surface area contributed by atoms with Crippen LogP contribution >= 0.6 is 0 Å². The maximum absolute atomic E-state index is 5.73. The fraction of sp³-hybridized carbons (Fsp3) is 0.545. The summed E-state index contributed by atoms with van der Waals surface area (Å²) in [6, 6.07) is 12.4. The van der Waals surface area contributed by atoms with Crippen LogP contribution < -0.4 is 20.3 Å². The molecule has 1 heterocycles. The third-order valence-corrected chi connectivity index (χ3v) is 5.22. The number of benzene rings is 1. The highest BCUT2D eigenvalue weighted by atomic mass is 16.5. The first-order valence-corrected chi connectivity index (χ1v) is 10.4. The van der Waals surface area contributed by atoms with E-state index in [1.165, 1.54) is 25.7 Å². The van der Waals surface area contributed by atoms with Crippen molar-refractivity contribution in [1.29, 1.82) is 0 Å². The minimum absolute atomic E-state index is 0.480. The highest BCUT2D eigenvalue weighted by Crippen LogP contribution is 2.25. The van der Waals surface area contributed by atoms with Gasteiger partial charge in [-0.05, 0) is 69.3 Å². The van der Waals surface area contributed by atoms with Gasteiger partial charge in [-0.25, -0.2) is 4.98 Å². The fourth-order valence-electron chi connectivity index (χ4n) is 3.57. The van der Waals surface area contributed by atoms with E-state index in [1.54, 1.807) is 0 Å². The molecule has 2 aromatic rings. The van der Waals surface area contributed by atoms with Crippen LogP contribution in [0, 0.1) is 5.92 Å². The minimum atomic E-state index is 0.480. The molecule has 2 N–H and O–H groups in total. The molecule has 28 heavy (non-hydrogen) atoms. The Morgan fingerprint density at radius 3 is 2.61 bits per heavy atom. The van der Waals surface area contributed by atoms with Crippen LogP contribution in [0.15, 0.2) is 42.6 Å². The first-order valence-electron chi connectivity index (χ1n) is 10.4. The van der Waals surface area contributed by atoms with Crippen LogP contribution in [-0.2, 0) is 0 Å². The van der Waals surface area contributed by atoms with Gasteiger partial charge in [0.1, 0.15) is 11.6 Å². The van der Waals surface area contributed by atoms with Crippen LogP contribution in [0.3, 0.4) is 0 Å². The maximum atomic E-state index is 5.73. The van der Waals surface area contributed by atoms with Crippen molar-refractivity contribution in [2.75, 3.05) is 44.0 Å². The van der Waals surface area contributed by atoms with E-state index < -0.39 is 0 Å². The fourth-order valence-corrected chi connectivity index (χ4v) is 3.57. The number of nitrogens with one attached hydrogen (secondary N) is 2. The quantitative estimate of drug-likeness (QED) is 0.612. The van der Waals surface area contributed by atoms with E-state index >= 15 is 0 Å². The number of para-hydroxylation sites is 1. The molecular formula is C22H33N5O. The lowest BCUT2D eigenvalue weighted by molar-refractivity contribution is 0.295. The van der Waals surface area contributed by atoms with Crippen LogP contribution in [0.1, 0.15) is 32.1 Å². The summed E-state index contributed by atoms with van der Waals surface area (Å²) in [5, 5.41) is 7.11. The van der Waals surface area contributed by atoms with E-state index in [-0.39, 0.29) is 0 Å². The summed E-state index contributed by atoms with van der Waals surface area (Å²) < 4.78 is 5.73. The van der Waals surface area contributed by atoms with Crippen molar-refractivity contribution < 1.29 is 4.74 Å². The molecule has 1 aliphatic rings. The summed E-state index contributed by atoms with van der Waals surface area (Å²) in [6.07, 6.45) is 7.71. The Bertz CT molecular complexity index is 686. The Morgan fingerprint density at radius 2 is 1.86 bits per heavy atom.